The molecule has 1 amide bonds. The molecular formula is C29H31N5O4S. The highest BCUT2D eigenvalue weighted by Crippen LogP contribution is 2.35. The van der Waals surface area contributed by atoms with Crippen molar-refractivity contribution in [1.29, 1.82) is 0 Å². The first-order valence-corrected chi connectivity index (χ1v) is 13.4. The highest BCUT2D eigenvalue weighted by molar-refractivity contribution is 7.80. The average molecular weight is 546 g/mol. The minimum Gasteiger partial charge on any atom is -0.494 e. The smallest absolute Gasteiger partial charge is 0.294 e. The Labute approximate surface area is 233 Å². The van der Waals surface area contributed by atoms with Crippen molar-refractivity contribution in [2.45, 2.75) is 33.6 Å². The third kappa shape index (κ3) is 4.76. The molecule has 2 saturated heterocycles. The summed E-state index contributed by atoms with van der Waals surface area (Å²) in [5, 5.41) is 12.3. The van der Waals surface area contributed by atoms with Crippen molar-refractivity contribution in [2.24, 2.45) is 0 Å². The number of thiocarbonyl (C=S) groups is 1. The molecule has 2 fully saturated rings. The van der Waals surface area contributed by atoms with E-state index in [9.17, 15) is 14.9 Å². The number of anilines is 2. The average Bonchev–Trinajstić information content (AvgIpc) is 3.60. The Balaban J connectivity index is 1.48. The van der Waals surface area contributed by atoms with Gasteiger partial charge in [0.2, 0.25) is 0 Å². The highest BCUT2D eigenvalue weighted by atomic mass is 32.1. The standard InChI is InChI=1S/C29H31N5O4S/c1-5-38-24-11-8-22(9-12-24)33-28(35)27(30(4)29(33)39)17-21-16-19(2)32(20(21)3)23-10-13-25(26(18-23)34(36)37)31-14-6-7-15-31/h8-13,16-18H,5-7,14-15H2,1-4H3/b27-17-. The lowest BCUT2D eigenvalue weighted by Crippen LogP contribution is -2.31. The van der Waals surface area contributed by atoms with E-state index in [4.69, 9.17) is 17.0 Å². The Hall–Kier alpha value is -4.18. The van der Waals surface area contributed by atoms with Gasteiger partial charge in [-0.15, -0.1) is 0 Å². The van der Waals surface area contributed by atoms with Crippen LogP contribution in [-0.2, 0) is 4.79 Å². The minimum atomic E-state index is -0.309. The number of carbonyl (C=O) groups excluding carboxylic acids is 1. The Morgan fingerprint density at radius 2 is 1.72 bits per heavy atom. The summed E-state index contributed by atoms with van der Waals surface area (Å²) < 4.78 is 7.50. The van der Waals surface area contributed by atoms with Gasteiger partial charge < -0.3 is 19.1 Å². The number of amides is 1. The van der Waals surface area contributed by atoms with E-state index in [1.807, 2.05) is 73.9 Å². The summed E-state index contributed by atoms with van der Waals surface area (Å²) in [4.78, 5) is 30.5. The number of aryl methyl sites for hydroxylation is 1. The van der Waals surface area contributed by atoms with Gasteiger partial charge in [-0.25, -0.2) is 0 Å². The molecule has 9 nitrogen and oxygen atoms in total. The number of nitro groups is 1. The molecule has 0 radical (unpaired) electrons. The van der Waals surface area contributed by atoms with Gasteiger partial charge in [0.1, 0.15) is 17.1 Å². The number of likely N-dealkylation sites (N-methyl/N-ethyl adjacent to an activating group) is 1. The fourth-order valence-corrected chi connectivity index (χ4v) is 5.63. The van der Waals surface area contributed by atoms with Gasteiger partial charge in [-0.05, 0) is 99.9 Å². The molecule has 1 aromatic heterocycles. The van der Waals surface area contributed by atoms with Crippen molar-refractivity contribution in [2.75, 3.05) is 36.5 Å². The Bertz CT molecular complexity index is 1490. The summed E-state index contributed by atoms with van der Waals surface area (Å²) >= 11 is 5.62. The first kappa shape index (κ1) is 26.4. The molecule has 3 aromatic rings. The first-order valence-electron chi connectivity index (χ1n) is 13.0. The molecule has 2 aromatic carbocycles. The summed E-state index contributed by atoms with van der Waals surface area (Å²) in [5.41, 5.74) is 5.20. The van der Waals surface area contributed by atoms with Crippen molar-refractivity contribution >= 4 is 46.4 Å². The molecule has 0 spiro atoms. The maximum atomic E-state index is 13.5. The fourth-order valence-electron chi connectivity index (χ4n) is 5.34. The molecule has 39 heavy (non-hydrogen) atoms. The maximum absolute atomic E-state index is 13.5. The van der Waals surface area contributed by atoms with Crippen LogP contribution in [0, 0.1) is 24.0 Å². The van der Waals surface area contributed by atoms with Gasteiger partial charge in [-0.3, -0.25) is 19.8 Å². The van der Waals surface area contributed by atoms with Gasteiger partial charge in [0.25, 0.3) is 11.6 Å². The van der Waals surface area contributed by atoms with Crippen molar-refractivity contribution in [3.05, 3.63) is 81.3 Å². The Morgan fingerprint density at radius 1 is 1.05 bits per heavy atom. The number of aromatic nitrogens is 1. The SMILES string of the molecule is CCOc1ccc(N2C(=O)/C(=C/c3cc(C)n(-c4ccc(N5CCCC5)c([N+](=O)[O-])c4)c3C)N(C)C2=S)cc1. The molecule has 0 unspecified atom stereocenters. The molecule has 2 aliphatic rings. The molecule has 0 aliphatic carbocycles. The maximum Gasteiger partial charge on any atom is 0.294 e. The predicted octanol–water partition coefficient (Wildman–Crippen LogP) is 5.61. The summed E-state index contributed by atoms with van der Waals surface area (Å²) in [5.74, 6) is 0.506. The van der Waals surface area contributed by atoms with Crippen LogP contribution < -0.4 is 14.5 Å². The van der Waals surface area contributed by atoms with Gasteiger partial charge in [-0.1, -0.05) is 0 Å². The summed E-state index contributed by atoms with van der Waals surface area (Å²) in [6.45, 7) is 8.03. The molecule has 0 bridgehead atoms. The van der Waals surface area contributed by atoms with Crippen LogP contribution in [0.5, 0.6) is 5.75 Å². The van der Waals surface area contributed by atoms with Gasteiger partial charge in [-0.2, -0.15) is 0 Å². The van der Waals surface area contributed by atoms with Crippen LogP contribution in [0.4, 0.5) is 17.1 Å². The highest BCUT2D eigenvalue weighted by Gasteiger charge is 2.37. The lowest BCUT2D eigenvalue weighted by atomic mass is 10.2. The van der Waals surface area contributed by atoms with Crippen LogP contribution in [0.2, 0.25) is 0 Å². The number of hydrogen-bond donors (Lipinski definition) is 0. The predicted molar refractivity (Wildman–Crippen MR) is 157 cm³/mol. The summed E-state index contributed by atoms with van der Waals surface area (Å²) in [6, 6.07) is 14.7. The van der Waals surface area contributed by atoms with Crippen LogP contribution in [0.3, 0.4) is 0 Å². The van der Waals surface area contributed by atoms with Gasteiger partial charge in [0.15, 0.2) is 5.11 Å². The first-order chi connectivity index (χ1) is 18.7. The number of ether oxygens (including phenoxy) is 1. The van der Waals surface area contributed by atoms with Crippen LogP contribution in [0.15, 0.2) is 54.2 Å². The van der Waals surface area contributed by atoms with Crippen LogP contribution in [0.25, 0.3) is 11.8 Å². The van der Waals surface area contributed by atoms with E-state index in [2.05, 4.69) is 4.90 Å². The van der Waals surface area contributed by atoms with Crippen molar-refractivity contribution in [3.63, 3.8) is 0 Å². The zero-order valence-corrected chi connectivity index (χ0v) is 23.3. The normalized spacial score (nSPS) is 16.6. The van der Waals surface area contributed by atoms with E-state index >= 15 is 0 Å². The molecule has 0 atom stereocenters. The molecule has 2 aliphatic heterocycles. The number of carbonyl (C=O) groups is 1. The third-order valence-electron chi connectivity index (χ3n) is 7.29. The van der Waals surface area contributed by atoms with Gasteiger partial charge >= 0.3 is 0 Å². The van der Waals surface area contributed by atoms with E-state index in [0.29, 0.717) is 34.5 Å². The molecule has 202 valence electrons. The number of rotatable bonds is 7. The Kier molecular flexibility index (Phi) is 7.14. The molecule has 0 saturated carbocycles. The van der Waals surface area contributed by atoms with Crippen LogP contribution in [-0.4, -0.2) is 52.2 Å². The van der Waals surface area contributed by atoms with Crippen molar-refractivity contribution < 1.29 is 14.5 Å². The summed E-state index contributed by atoms with van der Waals surface area (Å²) in [6.07, 6.45) is 3.91. The largest absolute Gasteiger partial charge is 0.494 e. The molecular weight excluding hydrogens is 514 g/mol. The number of nitro benzene ring substituents is 1. The van der Waals surface area contributed by atoms with E-state index in [0.717, 1.165) is 48.6 Å². The lowest BCUT2D eigenvalue weighted by molar-refractivity contribution is -0.384. The second-order valence-corrected chi connectivity index (χ2v) is 10.1. The molecule has 5 rings (SSSR count). The lowest BCUT2D eigenvalue weighted by Gasteiger charge is -2.19. The van der Waals surface area contributed by atoms with Gasteiger partial charge in [0.05, 0.1) is 22.9 Å². The second kappa shape index (κ2) is 10.5. The zero-order valence-electron chi connectivity index (χ0n) is 22.5. The topological polar surface area (TPSA) is 84.1 Å². The third-order valence-corrected chi connectivity index (χ3v) is 7.75. The van der Waals surface area contributed by atoms with E-state index in [-0.39, 0.29) is 16.5 Å². The van der Waals surface area contributed by atoms with Crippen molar-refractivity contribution in [1.82, 2.24) is 9.47 Å². The van der Waals surface area contributed by atoms with E-state index in [1.54, 1.807) is 18.0 Å². The van der Waals surface area contributed by atoms with Crippen molar-refractivity contribution in [3.8, 4) is 11.4 Å². The second-order valence-electron chi connectivity index (χ2n) is 9.72. The number of hydrogen-bond acceptors (Lipinski definition) is 6. The number of nitrogens with zero attached hydrogens (tertiary/aromatic N) is 5. The van der Waals surface area contributed by atoms with E-state index < -0.39 is 0 Å². The monoisotopic (exact) mass is 545 g/mol. The zero-order chi connectivity index (χ0) is 27.8. The molecule has 10 heteroatoms. The van der Waals surface area contributed by atoms with E-state index in [1.165, 1.54) is 4.90 Å². The quantitative estimate of drug-likeness (QED) is 0.165. The van der Waals surface area contributed by atoms with Crippen LogP contribution in [0.1, 0.15) is 36.7 Å². The number of benzene rings is 2. The fraction of sp³-hybridized carbons (Fsp3) is 0.310. The minimum absolute atomic E-state index is 0.101. The van der Waals surface area contributed by atoms with Gasteiger partial charge in [0, 0.05) is 37.6 Å². The molecule has 0 N–H and O–H groups in total. The molecule has 3 heterocycles. The van der Waals surface area contributed by atoms with Crippen LogP contribution >= 0.6 is 12.2 Å². The Morgan fingerprint density at radius 3 is 2.36 bits per heavy atom. The summed E-state index contributed by atoms with van der Waals surface area (Å²) in [7, 11) is 1.78.